The van der Waals surface area contributed by atoms with Gasteiger partial charge in [-0.15, -0.1) is 11.6 Å². The Balaban J connectivity index is 0.00000400. The zero-order valence-electron chi connectivity index (χ0n) is 13.5. The minimum atomic E-state index is -0.461. The number of esters is 1. The molecule has 1 aromatic carbocycles. The van der Waals surface area contributed by atoms with E-state index in [0.717, 1.165) is 16.7 Å². The second-order valence-corrected chi connectivity index (χ2v) is 6.71. The van der Waals surface area contributed by atoms with Crippen molar-refractivity contribution >= 4 is 17.6 Å². The number of hydrogen-bond acceptors (Lipinski definition) is 2. The fourth-order valence-corrected chi connectivity index (χ4v) is 2.41. The molecule has 124 valence electrons. The monoisotopic (exact) mass is 552 g/mol. The Bertz CT molecular complexity index is 490. The molecule has 0 atom stereocenters. The van der Waals surface area contributed by atoms with Crippen LogP contribution in [0.25, 0.3) is 0 Å². The average molecular weight is 553 g/mol. The molecule has 0 aliphatic carbocycles. The predicted octanol–water partition coefficient (Wildman–Crippen LogP) is 4.92. The summed E-state index contributed by atoms with van der Waals surface area (Å²) < 4.78 is 5.42. The third-order valence-electron chi connectivity index (χ3n) is 2.96. The van der Waals surface area contributed by atoms with Gasteiger partial charge in [0, 0.05) is 6.42 Å². The van der Waals surface area contributed by atoms with Crippen LogP contribution in [0.1, 0.15) is 64.2 Å². The third-order valence-corrected chi connectivity index (χ3v) is 3.18. The van der Waals surface area contributed by atoms with Gasteiger partial charge >= 0.3 is 0 Å². The molecule has 0 amide bonds. The summed E-state index contributed by atoms with van der Waals surface area (Å²) in [5.74, 6) is 0.106. The summed E-state index contributed by atoms with van der Waals surface area (Å²) in [7, 11) is 0. The predicted molar refractivity (Wildman–Crippen MR) is 84.2 cm³/mol. The van der Waals surface area contributed by atoms with Crippen molar-refractivity contribution in [2.45, 2.75) is 59.5 Å². The minimum Gasteiger partial charge on any atom is -0.460 e. The van der Waals surface area contributed by atoms with E-state index in [1.807, 2.05) is 46.2 Å². The fourth-order valence-electron chi connectivity index (χ4n) is 2.18. The van der Waals surface area contributed by atoms with Gasteiger partial charge in [0.1, 0.15) is 5.60 Å². The summed E-state index contributed by atoms with van der Waals surface area (Å²) in [6, 6.07) is 3.84. The van der Waals surface area contributed by atoms with Gasteiger partial charge in [0.25, 0.3) is 5.97 Å². The maximum atomic E-state index is 12.1. The Hall–Kier alpha value is -2.15. The normalized spacial score (nSPS) is 11.0. The van der Waals surface area contributed by atoms with Crippen LogP contribution in [0, 0.1) is 6.42 Å². The molecule has 0 spiro atoms. The van der Waals surface area contributed by atoms with E-state index in [1.165, 1.54) is 0 Å². The molecule has 0 bridgehead atoms. The van der Waals surface area contributed by atoms with E-state index in [9.17, 15) is 4.79 Å². The van der Waals surface area contributed by atoms with Crippen molar-refractivity contribution in [1.82, 2.24) is 0 Å². The van der Waals surface area contributed by atoms with Crippen LogP contribution in [0.2, 0.25) is 5.02 Å². The molecule has 4 heteroatoms. The smallest absolute Gasteiger partial charge is 0.299 e. The van der Waals surface area contributed by atoms with Crippen LogP contribution in [0.3, 0.4) is 0 Å². The molecule has 0 N–H and O–H groups in total. The molecule has 0 aliphatic rings. The molecular formula is C17H24ClFmO2-. The first kappa shape index (κ1) is 18.9. The Kier molecular flexibility index (Phi) is 6.31. The van der Waals surface area contributed by atoms with Gasteiger partial charge in [-0.1, -0.05) is 44.0 Å². The zero-order chi connectivity index (χ0) is 15.5. The number of carbonyl (C=O) groups excluding carboxylic acids is 1. The summed E-state index contributed by atoms with van der Waals surface area (Å²) in [5, 5.41) is 0.703. The van der Waals surface area contributed by atoms with Crippen molar-refractivity contribution in [1.29, 1.82) is 0 Å². The van der Waals surface area contributed by atoms with Crippen LogP contribution in [0.4, 0.5) is 0 Å². The van der Waals surface area contributed by atoms with E-state index in [-0.39, 0.29) is 12.4 Å². The quantitative estimate of drug-likeness (QED) is 0.392. The van der Waals surface area contributed by atoms with Gasteiger partial charge in [0.2, 0.25) is 0 Å². The Morgan fingerprint density at radius 3 is 2.33 bits per heavy atom. The van der Waals surface area contributed by atoms with Gasteiger partial charge in [-0.05, 0) is 31.7 Å². The third kappa shape index (κ3) is 5.39. The first-order chi connectivity index (χ1) is 9.14. The van der Waals surface area contributed by atoms with Crippen LogP contribution in [0.5, 0.6) is 0 Å². The van der Waals surface area contributed by atoms with Crippen LogP contribution in [-0.4, -0.2) is 11.6 Å². The Morgan fingerprint density at radius 2 is 1.90 bits per heavy atom. The Labute approximate surface area is 127 Å². The van der Waals surface area contributed by atoms with Crippen LogP contribution in [-0.2, 0) is 16.0 Å². The molecule has 1 aromatic rings. The van der Waals surface area contributed by atoms with E-state index in [4.69, 9.17) is 16.3 Å². The molecule has 0 unspecified atom stereocenters. The molecular weight excluding hydrogens is 529 g/mol. The summed E-state index contributed by atoms with van der Waals surface area (Å²) in [5.41, 5.74) is 2.67. The molecule has 0 saturated heterocycles. The van der Waals surface area contributed by atoms with Crippen molar-refractivity contribution in [3.63, 3.8) is 0 Å². The number of hydrogen-bond donors (Lipinski definition) is 0. The van der Waals surface area contributed by atoms with E-state index in [2.05, 4.69) is 13.8 Å². The average Bonchev–Trinajstić information content (AvgIpc) is 2.27. The molecule has 0 radical (unpaired) electrons. The van der Waals surface area contributed by atoms with Crippen molar-refractivity contribution in [2.75, 3.05) is 0 Å². The van der Waals surface area contributed by atoms with Crippen molar-refractivity contribution in [2.24, 2.45) is 0 Å². The zero-order valence-corrected chi connectivity index (χ0v) is 16.7. The van der Waals surface area contributed by atoms with Gasteiger partial charge < -0.3 is 4.74 Å². The van der Waals surface area contributed by atoms with Crippen LogP contribution < -0.4 is 0 Å². The first-order valence-electron chi connectivity index (χ1n) is 6.97. The topological polar surface area (TPSA) is 26.3 Å². The standard InChI is InChI=1S/C17H24ClO2.Fm/c1-7-12-8-13(18)9-14(11(2)3)15(12)10-16(19)20-17(4,5)6;/h7-9,11H,10H2,1-6H3;/q-1;. The number of carbonyl (C=O) groups is 1. The van der Waals surface area contributed by atoms with Crippen molar-refractivity contribution in [3.8, 4) is 0 Å². The summed E-state index contributed by atoms with van der Waals surface area (Å²) in [4.78, 5) is 12.1. The molecule has 0 aromatic heterocycles. The summed E-state index contributed by atoms with van der Waals surface area (Å²) in [6.45, 7) is 11.8. The Morgan fingerprint density at radius 1 is 1.33 bits per heavy atom. The van der Waals surface area contributed by atoms with E-state index < -0.39 is 5.60 Å². The second-order valence-electron chi connectivity index (χ2n) is 6.27. The van der Waals surface area contributed by atoms with Crippen molar-refractivity contribution in [3.05, 3.63) is 40.3 Å². The maximum Gasteiger partial charge on any atom is 0.299 e. The molecule has 0 saturated carbocycles. The largest absolute Gasteiger partial charge is 0.460 e. The van der Waals surface area contributed by atoms with E-state index in [1.54, 1.807) is 0 Å². The molecule has 1 rings (SSSR count). The summed E-state index contributed by atoms with van der Waals surface area (Å²) >= 11 is 6.15. The molecule has 0 fully saturated rings. The number of halogens is 1. The van der Waals surface area contributed by atoms with Crippen LogP contribution in [0.15, 0.2) is 12.1 Å². The van der Waals surface area contributed by atoms with E-state index >= 15 is 0 Å². The summed E-state index contributed by atoms with van der Waals surface area (Å²) in [6.07, 6.45) is 2.26. The molecule has 2 nitrogen and oxygen atoms in total. The fraction of sp³-hybridized carbons (Fsp3) is 0.529. The number of benzene rings is 1. The van der Waals surface area contributed by atoms with Gasteiger partial charge in [-0.2, -0.15) is 12.0 Å². The van der Waals surface area contributed by atoms with Crippen molar-refractivity contribution < 1.29 is 9.53 Å². The number of ether oxygens (including phenoxy) is 1. The van der Waals surface area contributed by atoms with Crippen LogP contribution >= 0.6 is 11.6 Å². The molecule has 0 aliphatic heterocycles. The maximum absolute atomic E-state index is 12.1. The van der Waals surface area contributed by atoms with Gasteiger partial charge in [-0.3, -0.25) is 4.79 Å². The SMILES string of the molecule is C[CH-]c1cc(Cl)cc(C(C)C)c1CC(=O)OC(C)(C)C.[Fm]. The second kappa shape index (κ2) is 7.03. The molecule has 21 heavy (non-hydrogen) atoms. The first-order valence-corrected chi connectivity index (χ1v) is 7.35. The number of rotatable bonds is 4. The minimum absolute atomic E-state index is 0. The molecule has 0 heterocycles. The van der Waals surface area contributed by atoms with Gasteiger partial charge in [0.15, 0.2) is 0 Å². The van der Waals surface area contributed by atoms with E-state index in [0.29, 0.717) is 10.9 Å². The van der Waals surface area contributed by atoms with Gasteiger partial charge in [0.05, 0.1) is 0 Å². The van der Waals surface area contributed by atoms with Gasteiger partial charge in [-0.25, -0.2) is 0 Å².